The van der Waals surface area contributed by atoms with Gasteiger partial charge in [-0.1, -0.05) is 41.9 Å². The van der Waals surface area contributed by atoms with E-state index < -0.39 is 11.7 Å². The number of aryl methyl sites for hydroxylation is 1. The van der Waals surface area contributed by atoms with E-state index in [0.29, 0.717) is 39.4 Å². The number of hydrogen-bond donors (Lipinski definition) is 1. The molecular weight excluding hydrogens is 403 g/mol. The van der Waals surface area contributed by atoms with Gasteiger partial charge < -0.3 is 9.88 Å². The van der Waals surface area contributed by atoms with Crippen LogP contribution in [0.15, 0.2) is 77.6 Å². The molecular formula is C24H18ClFN2O2. The number of halogens is 2. The first-order valence-corrected chi connectivity index (χ1v) is 9.86. The molecule has 6 heteroatoms. The van der Waals surface area contributed by atoms with Crippen molar-refractivity contribution in [2.45, 2.75) is 13.5 Å². The molecule has 1 heterocycles. The first kappa shape index (κ1) is 19.9. The Morgan fingerprint density at radius 1 is 1.00 bits per heavy atom. The zero-order valence-corrected chi connectivity index (χ0v) is 16.9. The van der Waals surface area contributed by atoms with Gasteiger partial charge in [0, 0.05) is 28.1 Å². The summed E-state index contributed by atoms with van der Waals surface area (Å²) in [7, 11) is 0. The van der Waals surface area contributed by atoms with E-state index >= 15 is 0 Å². The summed E-state index contributed by atoms with van der Waals surface area (Å²) in [6.07, 6.45) is 0. The van der Waals surface area contributed by atoms with Gasteiger partial charge in [-0.2, -0.15) is 0 Å². The Balaban J connectivity index is 2.00. The Bertz CT molecular complexity index is 1310. The number of fused-ring (bicyclic) bond motifs is 1. The molecule has 4 aromatic rings. The lowest BCUT2D eigenvalue weighted by Gasteiger charge is -2.20. The van der Waals surface area contributed by atoms with E-state index in [9.17, 15) is 14.0 Å². The number of rotatable bonds is 4. The van der Waals surface area contributed by atoms with Crippen LogP contribution in [-0.4, -0.2) is 10.5 Å². The summed E-state index contributed by atoms with van der Waals surface area (Å²) < 4.78 is 15.1. The van der Waals surface area contributed by atoms with Crippen molar-refractivity contribution in [2.24, 2.45) is 0 Å². The molecule has 0 radical (unpaired) electrons. The summed E-state index contributed by atoms with van der Waals surface area (Å²) in [5, 5.41) is 3.81. The van der Waals surface area contributed by atoms with E-state index in [1.807, 2.05) is 23.6 Å². The minimum Gasteiger partial charge on any atom is -0.327 e. The molecule has 1 aromatic heterocycles. The molecule has 0 fully saturated rings. The molecule has 0 aliphatic heterocycles. The SMILES string of the molecule is CCn1c(NC(=O)c2ccc(F)cc2)c(-c2ccccc2Cl)c(=O)c2ccccc21. The highest BCUT2D eigenvalue weighted by Gasteiger charge is 2.21. The van der Waals surface area contributed by atoms with Crippen LogP contribution in [0.25, 0.3) is 22.0 Å². The van der Waals surface area contributed by atoms with Crippen LogP contribution in [0.5, 0.6) is 0 Å². The first-order chi connectivity index (χ1) is 14.5. The quantitative estimate of drug-likeness (QED) is 0.458. The van der Waals surface area contributed by atoms with E-state index in [4.69, 9.17) is 11.6 Å². The van der Waals surface area contributed by atoms with E-state index in [1.54, 1.807) is 36.4 Å². The predicted octanol–water partition coefficient (Wildman–Crippen LogP) is 5.73. The normalized spacial score (nSPS) is 10.9. The topological polar surface area (TPSA) is 51.1 Å². The van der Waals surface area contributed by atoms with Crippen LogP contribution in [0.2, 0.25) is 5.02 Å². The highest BCUT2D eigenvalue weighted by Crippen LogP contribution is 2.33. The average Bonchev–Trinajstić information content (AvgIpc) is 2.76. The number of para-hydroxylation sites is 1. The number of aromatic nitrogens is 1. The van der Waals surface area contributed by atoms with Crippen LogP contribution in [0.4, 0.5) is 10.2 Å². The number of anilines is 1. The smallest absolute Gasteiger partial charge is 0.256 e. The van der Waals surface area contributed by atoms with Gasteiger partial charge in [0.05, 0.1) is 11.1 Å². The average molecular weight is 421 g/mol. The number of benzene rings is 3. The molecule has 3 aromatic carbocycles. The molecule has 0 saturated carbocycles. The summed E-state index contributed by atoms with van der Waals surface area (Å²) >= 11 is 6.42. The van der Waals surface area contributed by atoms with Crippen molar-refractivity contribution < 1.29 is 9.18 Å². The lowest BCUT2D eigenvalue weighted by atomic mass is 10.0. The van der Waals surface area contributed by atoms with Gasteiger partial charge in [0.1, 0.15) is 11.6 Å². The maximum atomic E-state index is 13.5. The maximum Gasteiger partial charge on any atom is 0.256 e. The fraction of sp³-hybridized carbons (Fsp3) is 0.0833. The molecule has 0 aliphatic carbocycles. The van der Waals surface area contributed by atoms with Gasteiger partial charge in [0.25, 0.3) is 5.91 Å². The minimum atomic E-state index is -0.444. The van der Waals surface area contributed by atoms with Crippen LogP contribution in [0.1, 0.15) is 17.3 Å². The summed E-state index contributed by atoms with van der Waals surface area (Å²) in [6.45, 7) is 2.44. The standard InChI is InChI=1S/C24H18ClFN2O2/c1-2-28-20-10-6-4-8-18(20)22(29)21(17-7-3-5-9-19(17)25)23(28)27-24(30)15-11-13-16(26)14-12-15/h3-14H,2H2,1H3,(H,27,30). The molecule has 30 heavy (non-hydrogen) atoms. The van der Waals surface area contributed by atoms with Gasteiger partial charge in [-0.15, -0.1) is 0 Å². The van der Waals surface area contributed by atoms with Crippen molar-refractivity contribution in [1.29, 1.82) is 0 Å². The van der Waals surface area contributed by atoms with Crippen molar-refractivity contribution in [3.8, 4) is 11.1 Å². The van der Waals surface area contributed by atoms with Gasteiger partial charge >= 0.3 is 0 Å². The molecule has 150 valence electrons. The number of amides is 1. The Morgan fingerprint density at radius 3 is 2.37 bits per heavy atom. The van der Waals surface area contributed by atoms with Crippen LogP contribution in [-0.2, 0) is 6.54 Å². The second-order valence-corrected chi connectivity index (χ2v) is 7.16. The molecule has 0 atom stereocenters. The number of nitrogens with zero attached hydrogens (tertiary/aromatic N) is 1. The fourth-order valence-electron chi connectivity index (χ4n) is 3.55. The molecule has 0 saturated heterocycles. The minimum absolute atomic E-state index is 0.224. The van der Waals surface area contributed by atoms with Crippen LogP contribution < -0.4 is 10.7 Å². The molecule has 1 amide bonds. The molecule has 1 N–H and O–H groups in total. The zero-order chi connectivity index (χ0) is 21.3. The van der Waals surface area contributed by atoms with Crippen molar-refractivity contribution in [3.05, 3.63) is 99.4 Å². The summed E-state index contributed by atoms with van der Waals surface area (Å²) in [6, 6.07) is 19.5. The van der Waals surface area contributed by atoms with Gasteiger partial charge in [-0.25, -0.2) is 4.39 Å². The van der Waals surface area contributed by atoms with Gasteiger partial charge in [-0.05, 0) is 49.4 Å². The predicted molar refractivity (Wildman–Crippen MR) is 119 cm³/mol. The van der Waals surface area contributed by atoms with Gasteiger partial charge in [0.2, 0.25) is 0 Å². The van der Waals surface area contributed by atoms with E-state index in [1.165, 1.54) is 24.3 Å². The molecule has 4 nitrogen and oxygen atoms in total. The molecule has 0 aliphatic rings. The van der Waals surface area contributed by atoms with E-state index in [-0.39, 0.29) is 11.0 Å². The third-order valence-electron chi connectivity index (χ3n) is 4.97. The molecule has 0 unspecified atom stereocenters. The van der Waals surface area contributed by atoms with Crippen molar-refractivity contribution in [3.63, 3.8) is 0 Å². The van der Waals surface area contributed by atoms with Gasteiger partial charge in [0.15, 0.2) is 5.43 Å². The number of nitrogens with one attached hydrogen (secondary N) is 1. The lowest BCUT2D eigenvalue weighted by Crippen LogP contribution is -2.22. The van der Waals surface area contributed by atoms with Crippen LogP contribution in [0.3, 0.4) is 0 Å². The second-order valence-electron chi connectivity index (χ2n) is 6.76. The third-order valence-corrected chi connectivity index (χ3v) is 5.30. The van der Waals surface area contributed by atoms with Crippen molar-refractivity contribution >= 4 is 34.2 Å². The number of carbonyl (C=O) groups excluding carboxylic acids is 1. The highest BCUT2D eigenvalue weighted by molar-refractivity contribution is 6.33. The number of hydrogen-bond acceptors (Lipinski definition) is 2. The van der Waals surface area contributed by atoms with E-state index in [0.717, 1.165) is 0 Å². The third kappa shape index (κ3) is 3.48. The summed E-state index contributed by atoms with van der Waals surface area (Å²) in [4.78, 5) is 26.4. The first-order valence-electron chi connectivity index (χ1n) is 9.48. The summed E-state index contributed by atoms with van der Waals surface area (Å²) in [5.74, 6) is -0.525. The fourth-order valence-corrected chi connectivity index (χ4v) is 3.78. The molecule has 4 rings (SSSR count). The van der Waals surface area contributed by atoms with Crippen molar-refractivity contribution in [2.75, 3.05) is 5.32 Å². The molecule has 0 bridgehead atoms. The van der Waals surface area contributed by atoms with Crippen LogP contribution >= 0.6 is 11.6 Å². The highest BCUT2D eigenvalue weighted by atomic mass is 35.5. The summed E-state index contributed by atoms with van der Waals surface area (Å²) in [5.41, 5.74) is 1.61. The number of pyridine rings is 1. The monoisotopic (exact) mass is 420 g/mol. The van der Waals surface area contributed by atoms with Crippen molar-refractivity contribution in [1.82, 2.24) is 4.57 Å². The van der Waals surface area contributed by atoms with Crippen LogP contribution in [0, 0.1) is 5.82 Å². The largest absolute Gasteiger partial charge is 0.327 e. The zero-order valence-electron chi connectivity index (χ0n) is 16.2. The second kappa shape index (κ2) is 8.13. The maximum absolute atomic E-state index is 13.5. The van der Waals surface area contributed by atoms with E-state index in [2.05, 4.69) is 5.32 Å². The number of carbonyl (C=O) groups is 1. The van der Waals surface area contributed by atoms with Gasteiger partial charge in [-0.3, -0.25) is 9.59 Å². The molecule has 0 spiro atoms. The Morgan fingerprint density at radius 2 is 1.67 bits per heavy atom. The Hall–Kier alpha value is -3.44. The lowest BCUT2D eigenvalue weighted by molar-refractivity contribution is 0.102. The Labute approximate surface area is 177 Å². The Kier molecular flexibility index (Phi) is 5.38.